The second-order valence-electron chi connectivity index (χ2n) is 5.53. The number of fused-ring (bicyclic) bond motifs is 1. The molecule has 3 rings (SSSR count). The Kier molecular flexibility index (Phi) is 4.50. The average molecular weight is 310 g/mol. The molecule has 1 aliphatic heterocycles. The summed E-state index contributed by atoms with van der Waals surface area (Å²) in [5.41, 5.74) is 7.94. The summed E-state index contributed by atoms with van der Waals surface area (Å²) in [6, 6.07) is 16.2. The van der Waals surface area contributed by atoms with Crippen LogP contribution in [-0.2, 0) is 11.3 Å². The fraction of sp³-hybridized carbons (Fsp3) is 0.222. The fourth-order valence-corrected chi connectivity index (χ4v) is 2.59. The molecule has 1 atom stereocenters. The Hall–Kier alpha value is -2.50. The van der Waals surface area contributed by atoms with Crippen molar-refractivity contribution in [2.45, 2.75) is 12.6 Å². The number of carbonyl (C=O) groups excluding carboxylic acids is 2. The van der Waals surface area contributed by atoms with Crippen LogP contribution in [0.1, 0.15) is 26.3 Å². The highest BCUT2D eigenvalue weighted by atomic mass is 16.5. The summed E-state index contributed by atoms with van der Waals surface area (Å²) in [4.78, 5) is 25.7. The molecule has 2 aromatic carbocycles. The molecule has 0 fully saturated rings. The van der Waals surface area contributed by atoms with Crippen molar-refractivity contribution in [1.29, 1.82) is 0 Å². The molecule has 5 nitrogen and oxygen atoms in total. The van der Waals surface area contributed by atoms with Gasteiger partial charge in [-0.1, -0.05) is 42.5 Å². The molecule has 0 aromatic heterocycles. The van der Waals surface area contributed by atoms with Gasteiger partial charge in [0.2, 0.25) is 0 Å². The summed E-state index contributed by atoms with van der Waals surface area (Å²) in [7, 11) is 0. The normalized spacial score (nSPS) is 14.9. The van der Waals surface area contributed by atoms with E-state index in [1.807, 2.05) is 30.3 Å². The summed E-state index contributed by atoms with van der Waals surface area (Å²) in [6.45, 7) is 0.889. The van der Waals surface area contributed by atoms with Crippen LogP contribution < -0.4 is 5.73 Å². The Balaban J connectivity index is 1.54. The van der Waals surface area contributed by atoms with Crippen LogP contribution in [-0.4, -0.2) is 35.9 Å². The van der Waals surface area contributed by atoms with E-state index >= 15 is 0 Å². The van der Waals surface area contributed by atoms with Crippen molar-refractivity contribution in [3.8, 4) is 0 Å². The fourth-order valence-electron chi connectivity index (χ4n) is 2.59. The van der Waals surface area contributed by atoms with E-state index in [-0.39, 0.29) is 25.0 Å². The van der Waals surface area contributed by atoms with Gasteiger partial charge in [0.25, 0.3) is 11.8 Å². The molecule has 1 aliphatic rings. The maximum absolute atomic E-state index is 12.2. The zero-order chi connectivity index (χ0) is 16.2. The molecule has 2 aromatic rings. The molecule has 1 unspecified atom stereocenters. The van der Waals surface area contributed by atoms with E-state index in [9.17, 15) is 9.59 Å². The van der Waals surface area contributed by atoms with Crippen molar-refractivity contribution < 1.29 is 14.3 Å². The number of imide groups is 1. The summed E-state index contributed by atoms with van der Waals surface area (Å²) < 4.78 is 5.57. The average Bonchev–Trinajstić information content (AvgIpc) is 2.81. The number of amides is 2. The lowest BCUT2D eigenvalue weighted by Gasteiger charge is -2.19. The van der Waals surface area contributed by atoms with Crippen molar-refractivity contribution >= 4 is 11.8 Å². The van der Waals surface area contributed by atoms with Gasteiger partial charge in [0.15, 0.2) is 0 Å². The van der Waals surface area contributed by atoms with Gasteiger partial charge >= 0.3 is 0 Å². The maximum Gasteiger partial charge on any atom is 0.261 e. The standard InChI is InChI=1S/C18H18N2O3/c19-14(12-23-11-13-6-2-1-3-7-13)10-20-17(21)15-8-4-5-9-16(15)18(20)22/h1-9,14H,10-12,19H2. The van der Waals surface area contributed by atoms with E-state index < -0.39 is 6.04 Å². The molecule has 2 amide bonds. The monoisotopic (exact) mass is 310 g/mol. The van der Waals surface area contributed by atoms with Crippen molar-refractivity contribution in [1.82, 2.24) is 4.90 Å². The predicted octanol–water partition coefficient (Wildman–Crippen LogP) is 1.83. The van der Waals surface area contributed by atoms with Gasteiger partial charge < -0.3 is 10.5 Å². The summed E-state index contributed by atoms with van der Waals surface area (Å²) >= 11 is 0. The molecule has 0 saturated carbocycles. The molecule has 0 aliphatic carbocycles. The molecular formula is C18H18N2O3. The highest BCUT2D eigenvalue weighted by molar-refractivity contribution is 6.21. The van der Waals surface area contributed by atoms with Crippen LogP contribution in [0, 0.1) is 0 Å². The maximum atomic E-state index is 12.2. The third kappa shape index (κ3) is 3.31. The highest BCUT2D eigenvalue weighted by Gasteiger charge is 2.35. The first-order valence-electron chi connectivity index (χ1n) is 7.49. The molecule has 2 N–H and O–H groups in total. The third-order valence-electron chi connectivity index (χ3n) is 3.74. The van der Waals surface area contributed by atoms with Gasteiger partial charge in [-0.15, -0.1) is 0 Å². The number of rotatable bonds is 6. The highest BCUT2D eigenvalue weighted by Crippen LogP contribution is 2.22. The lowest BCUT2D eigenvalue weighted by atomic mass is 10.1. The van der Waals surface area contributed by atoms with Crippen molar-refractivity contribution in [2.24, 2.45) is 5.73 Å². The summed E-state index contributed by atoms with van der Waals surface area (Å²) in [6.07, 6.45) is 0. The molecule has 1 heterocycles. The molecule has 5 heteroatoms. The molecule has 0 radical (unpaired) electrons. The van der Waals surface area contributed by atoms with E-state index in [2.05, 4.69) is 0 Å². The van der Waals surface area contributed by atoms with E-state index in [0.29, 0.717) is 17.7 Å². The number of hydrogen-bond acceptors (Lipinski definition) is 4. The summed E-state index contributed by atoms with van der Waals surface area (Å²) in [5, 5.41) is 0. The molecule has 0 spiro atoms. The van der Waals surface area contributed by atoms with Crippen LogP contribution >= 0.6 is 0 Å². The van der Waals surface area contributed by atoms with Gasteiger partial charge in [-0.25, -0.2) is 0 Å². The second kappa shape index (κ2) is 6.73. The third-order valence-corrected chi connectivity index (χ3v) is 3.74. The zero-order valence-corrected chi connectivity index (χ0v) is 12.6. The van der Waals surface area contributed by atoms with Crippen molar-refractivity contribution in [3.63, 3.8) is 0 Å². The Morgan fingerprint density at radius 2 is 1.48 bits per heavy atom. The first kappa shape index (κ1) is 15.4. The van der Waals surface area contributed by atoms with Crippen LogP contribution in [0.5, 0.6) is 0 Å². The SMILES string of the molecule is NC(COCc1ccccc1)CN1C(=O)c2ccccc2C1=O. The number of ether oxygens (including phenoxy) is 1. The lowest BCUT2D eigenvalue weighted by Crippen LogP contribution is -2.43. The number of nitrogens with two attached hydrogens (primary N) is 1. The number of benzene rings is 2. The molecular weight excluding hydrogens is 292 g/mol. The predicted molar refractivity (Wildman–Crippen MR) is 85.9 cm³/mol. The molecule has 118 valence electrons. The smallest absolute Gasteiger partial charge is 0.261 e. The van der Waals surface area contributed by atoms with Crippen LogP contribution in [0.25, 0.3) is 0 Å². The minimum atomic E-state index is -0.416. The zero-order valence-electron chi connectivity index (χ0n) is 12.6. The minimum Gasteiger partial charge on any atom is -0.375 e. The largest absolute Gasteiger partial charge is 0.375 e. The van der Waals surface area contributed by atoms with Gasteiger partial charge in [0, 0.05) is 12.6 Å². The first-order valence-corrected chi connectivity index (χ1v) is 7.49. The molecule has 23 heavy (non-hydrogen) atoms. The topological polar surface area (TPSA) is 72.6 Å². The Labute approximate surface area is 134 Å². The van der Waals surface area contributed by atoms with E-state index in [4.69, 9.17) is 10.5 Å². The van der Waals surface area contributed by atoms with E-state index in [1.165, 1.54) is 4.90 Å². The van der Waals surface area contributed by atoms with E-state index in [1.54, 1.807) is 24.3 Å². The van der Waals surface area contributed by atoms with Crippen LogP contribution in [0.2, 0.25) is 0 Å². The van der Waals surface area contributed by atoms with Gasteiger partial charge in [-0.2, -0.15) is 0 Å². The number of hydrogen-bond donors (Lipinski definition) is 1. The minimum absolute atomic E-state index is 0.154. The Morgan fingerprint density at radius 1 is 0.913 bits per heavy atom. The number of carbonyl (C=O) groups is 2. The van der Waals surface area contributed by atoms with Gasteiger partial charge in [0.05, 0.1) is 24.3 Å². The number of nitrogens with zero attached hydrogens (tertiary/aromatic N) is 1. The van der Waals surface area contributed by atoms with Gasteiger partial charge in [-0.05, 0) is 17.7 Å². The molecule has 0 saturated heterocycles. The van der Waals surface area contributed by atoms with E-state index in [0.717, 1.165) is 5.56 Å². The first-order chi connectivity index (χ1) is 11.2. The lowest BCUT2D eigenvalue weighted by molar-refractivity contribution is 0.0592. The molecule has 0 bridgehead atoms. The van der Waals surface area contributed by atoms with Crippen LogP contribution in [0.15, 0.2) is 54.6 Å². The van der Waals surface area contributed by atoms with Gasteiger partial charge in [-0.3, -0.25) is 14.5 Å². The van der Waals surface area contributed by atoms with Crippen molar-refractivity contribution in [3.05, 3.63) is 71.3 Å². The second-order valence-corrected chi connectivity index (χ2v) is 5.53. The summed E-state index contributed by atoms with van der Waals surface area (Å²) in [5.74, 6) is -0.576. The van der Waals surface area contributed by atoms with Crippen molar-refractivity contribution in [2.75, 3.05) is 13.2 Å². The Morgan fingerprint density at radius 3 is 2.09 bits per heavy atom. The van der Waals surface area contributed by atoms with Crippen LogP contribution in [0.4, 0.5) is 0 Å². The quantitative estimate of drug-likeness (QED) is 0.826. The van der Waals surface area contributed by atoms with Crippen LogP contribution in [0.3, 0.4) is 0 Å². The Bertz CT molecular complexity index is 680. The van der Waals surface area contributed by atoms with Gasteiger partial charge in [0.1, 0.15) is 0 Å².